The van der Waals surface area contributed by atoms with Crippen molar-refractivity contribution in [3.05, 3.63) is 71.3 Å². The lowest BCUT2D eigenvalue weighted by molar-refractivity contribution is -0.131. The van der Waals surface area contributed by atoms with Crippen molar-refractivity contribution in [3.8, 4) is 0 Å². The topological polar surface area (TPSA) is 84.9 Å². The largest absolute Gasteiger partial charge is 0.462 e. The normalized spacial score (nSPS) is 14.1. The smallest absolute Gasteiger partial charge is 0.338 e. The number of aryl methyl sites for hydroxylation is 1. The molecule has 1 aliphatic heterocycles. The third-order valence-corrected chi connectivity index (χ3v) is 4.84. The fourth-order valence-electron chi connectivity index (χ4n) is 3.17. The van der Waals surface area contributed by atoms with Crippen molar-refractivity contribution in [1.29, 1.82) is 0 Å². The molecule has 7 nitrogen and oxygen atoms in total. The number of nitrogens with one attached hydrogen (secondary N) is 1. The van der Waals surface area contributed by atoms with E-state index < -0.39 is 17.7 Å². The minimum absolute atomic E-state index is 0.282. The fraction of sp³-hybridized carbons (Fsp3) is 0.292. The van der Waals surface area contributed by atoms with Crippen LogP contribution in [0, 0.1) is 6.92 Å². The van der Waals surface area contributed by atoms with E-state index in [2.05, 4.69) is 5.32 Å². The molecule has 0 atom stereocenters. The third-order valence-electron chi connectivity index (χ3n) is 4.84. The number of morpholine rings is 1. The molecule has 0 aromatic heterocycles. The number of hydrogen-bond acceptors (Lipinski definition) is 6. The minimum Gasteiger partial charge on any atom is -0.462 e. The van der Waals surface area contributed by atoms with Gasteiger partial charge in [-0.05, 0) is 43.7 Å². The molecule has 0 aliphatic carbocycles. The van der Waals surface area contributed by atoms with Crippen LogP contribution in [0.4, 0.5) is 5.69 Å². The molecule has 1 N–H and O–H groups in total. The monoisotopic (exact) mass is 422 g/mol. The second-order valence-electron chi connectivity index (χ2n) is 7.11. The van der Waals surface area contributed by atoms with Crippen LogP contribution in [0.5, 0.6) is 0 Å². The highest BCUT2D eigenvalue weighted by atomic mass is 16.5. The van der Waals surface area contributed by atoms with E-state index in [1.807, 2.05) is 36.1 Å². The summed E-state index contributed by atoms with van der Waals surface area (Å²) in [7, 11) is 0. The summed E-state index contributed by atoms with van der Waals surface area (Å²) < 4.78 is 10.3. The number of amides is 1. The van der Waals surface area contributed by atoms with Crippen LogP contribution < -0.4 is 5.32 Å². The van der Waals surface area contributed by atoms with Crippen LogP contribution in [0.25, 0.3) is 5.70 Å². The van der Waals surface area contributed by atoms with Crippen molar-refractivity contribution in [2.75, 3.05) is 38.2 Å². The zero-order valence-corrected chi connectivity index (χ0v) is 17.7. The molecule has 0 saturated carbocycles. The average molecular weight is 422 g/mol. The summed E-state index contributed by atoms with van der Waals surface area (Å²) in [6, 6.07) is 14.0. The summed E-state index contributed by atoms with van der Waals surface area (Å²) in [6.07, 6.45) is 1.37. The van der Waals surface area contributed by atoms with E-state index in [1.165, 1.54) is 6.08 Å². The Labute approximate surface area is 181 Å². The SMILES string of the molecule is CCOC(=O)c1ccc(NC(=O)C(=O)C=C(c2ccc(C)cc2)N2CCOCC2)cc1. The summed E-state index contributed by atoms with van der Waals surface area (Å²) in [5, 5.41) is 2.58. The molecule has 7 heteroatoms. The van der Waals surface area contributed by atoms with Gasteiger partial charge in [0.25, 0.3) is 5.91 Å². The molecule has 0 unspecified atom stereocenters. The van der Waals surface area contributed by atoms with Crippen LogP contribution in [0.3, 0.4) is 0 Å². The molecule has 2 aromatic rings. The van der Waals surface area contributed by atoms with Crippen molar-refractivity contribution in [2.45, 2.75) is 13.8 Å². The first kappa shape index (κ1) is 22.2. The predicted molar refractivity (Wildman–Crippen MR) is 118 cm³/mol. The Morgan fingerprint density at radius 1 is 1.00 bits per heavy atom. The summed E-state index contributed by atoms with van der Waals surface area (Å²) in [4.78, 5) is 39.0. The summed E-state index contributed by atoms with van der Waals surface area (Å²) in [5.41, 5.74) is 3.47. The zero-order chi connectivity index (χ0) is 22.2. The number of anilines is 1. The predicted octanol–water partition coefficient (Wildman–Crippen LogP) is 3.05. The lowest BCUT2D eigenvalue weighted by Gasteiger charge is -2.31. The maximum absolute atomic E-state index is 12.7. The molecule has 1 amide bonds. The number of carbonyl (C=O) groups is 3. The van der Waals surface area contributed by atoms with E-state index in [1.54, 1.807) is 31.2 Å². The third kappa shape index (κ3) is 6.02. The fourth-order valence-corrected chi connectivity index (χ4v) is 3.17. The molecular weight excluding hydrogens is 396 g/mol. The van der Waals surface area contributed by atoms with E-state index in [9.17, 15) is 14.4 Å². The van der Waals surface area contributed by atoms with Gasteiger partial charge in [0.15, 0.2) is 0 Å². The summed E-state index contributed by atoms with van der Waals surface area (Å²) in [6.45, 7) is 6.42. The van der Waals surface area contributed by atoms with E-state index >= 15 is 0 Å². The van der Waals surface area contributed by atoms with Crippen LogP contribution in [-0.4, -0.2) is 55.5 Å². The first-order chi connectivity index (χ1) is 15.0. The molecule has 2 aromatic carbocycles. The number of rotatable bonds is 7. The Balaban J connectivity index is 1.75. The van der Waals surface area contributed by atoms with E-state index in [0.717, 1.165) is 11.1 Å². The molecule has 3 rings (SSSR count). The quantitative estimate of drug-likeness (QED) is 0.419. The Kier molecular flexibility index (Phi) is 7.56. The van der Waals surface area contributed by atoms with Gasteiger partial charge in [-0.2, -0.15) is 0 Å². The number of ketones is 1. The molecule has 1 heterocycles. The first-order valence-corrected chi connectivity index (χ1v) is 10.2. The van der Waals surface area contributed by atoms with Crippen molar-refractivity contribution >= 4 is 29.0 Å². The Morgan fingerprint density at radius 3 is 2.23 bits per heavy atom. The number of ether oxygens (including phenoxy) is 2. The van der Waals surface area contributed by atoms with Crippen molar-refractivity contribution in [1.82, 2.24) is 4.90 Å². The highest BCUT2D eigenvalue weighted by Crippen LogP contribution is 2.21. The molecule has 162 valence electrons. The van der Waals surface area contributed by atoms with Gasteiger partial charge in [-0.25, -0.2) is 4.79 Å². The second kappa shape index (κ2) is 10.5. The standard InChI is InChI=1S/C24H26N2O5/c1-3-31-24(29)19-8-10-20(11-9-19)25-23(28)22(27)16-21(26-12-14-30-15-13-26)18-6-4-17(2)5-7-18/h4-11,16H,3,12-15H2,1-2H3,(H,25,28). The lowest BCUT2D eigenvalue weighted by atomic mass is 10.1. The van der Waals surface area contributed by atoms with Crippen molar-refractivity contribution in [3.63, 3.8) is 0 Å². The maximum Gasteiger partial charge on any atom is 0.338 e. The van der Waals surface area contributed by atoms with E-state index in [-0.39, 0.29) is 6.61 Å². The van der Waals surface area contributed by atoms with Crippen LogP contribution in [0.2, 0.25) is 0 Å². The van der Waals surface area contributed by atoms with Gasteiger partial charge in [0.2, 0.25) is 5.78 Å². The number of benzene rings is 2. The molecule has 0 radical (unpaired) electrons. The van der Waals surface area contributed by atoms with Gasteiger partial charge in [0.05, 0.1) is 25.4 Å². The second-order valence-corrected chi connectivity index (χ2v) is 7.11. The average Bonchev–Trinajstić information content (AvgIpc) is 2.79. The van der Waals surface area contributed by atoms with Crippen LogP contribution in [-0.2, 0) is 19.1 Å². The van der Waals surface area contributed by atoms with Gasteiger partial charge in [-0.15, -0.1) is 0 Å². The van der Waals surface area contributed by atoms with Crippen LogP contribution in [0.15, 0.2) is 54.6 Å². The van der Waals surface area contributed by atoms with Gasteiger partial charge in [0.1, 0.15) is 0 Å². The van der Waals surface area contributed by atoms with Crippen molar-refractivity contribution in [2.24, 2.45) is 0 Å². The number of esters is 1. The lowest BCUT2D eigenvalue weighted by Crippen LogP contribution is -2.35. The zero-order valence-electron chi connectivity index (χ0n) is 17.7. The van der Waals surface area contributed by atoms with Gasteiger partial charge >= 0.3 is 5.97 Å². The molecule has 31 heavy (non-hydrogen) atoms. The molecule has 1 saturated heterocycles. The van der Waals surface area contributed by atoms with E-state index in [4.69, 9.17) is 9.47 Å². The Morgan fingerprint density at radius 2 is 1.61 bits per heavy atom. The summed E-state index contributed by atoms with van der Waals surface area (Å²) in [5.74, 6) is -1.84. The van der Waals surface area contributed by atoms with Crippen molar-refractivity contribution < 1.29 is 23.9 Å². The van der Waals surface area contributed by atoms with Gasteiger partial charge < -0.3 is 19.7 Å². The molecular formula is C24H26N2O5. The first-order valence-electron chi connectivity index (χ1n) is 10.2. The Bertz CT molecular complexity index is 958. The van der Waals surface area contributed by atoms with Crippen LogP contribution in [0.1, 0.15) is 28.4 Å². The van der Waals surface area contributed by atoms with Crippen LogP contribution >= 0.6 is 0 Å². The van der Waals surface area contributed by atoms with Gasteiger partial charge in [-0.3, -0.25) is 9.59 Å². The number of carbonyl (C=O) groups excluding carboxylic acids is 3. The minimum atomic E-state index is -0.748. The highest BCUT2D eigenvalue weighted by molar-refractivity contribution is 6.45. The van der Waals surface area contributed by atoms with Gasteiger partial charge in [0, 0.05) is 30.5 Å². The molecule has 0 bridgehead atoms. The molecule has 0 spiro atoms. The molecule has 1 fully saturated rings. The number of nitrogens with zero attached hydrogens (tertiary/aromatic N) is 1. The summed E-state index contributed by atoms with van der Waals surface area (Å²) >= 11 is 0. The number of hydrogen-bond donors (Lipinski definition) is 1. The van der Waals surface area contributed by atoms with Gasteiger partial charge in [-0.1, -0.05) is 29.8 Å². The highest BCUT2D eigenvalue weighted by Gasteiger charge is 2.20. The maximum atomic E-state index is 12.7. The molecule has 1 aliphatic rings. The van der Waals surface area contributed by atoms with E-state index in [0.29, 0.717) is 43.3 Å². The Hall–Kier alpha value is -3.45.